The average Bonchev–Trinajstić information content (AvgIpc) is 3.12. The fraction of sp³-hybridized carbons (Fsp3) is 0.150. The topological polar surface area (TPSA) is 70.5 Å². The fourth-order valence-electron chi connectivity index (χ4n) is 2.65. The first-order chi connectivity index (χ1) is 12.6. The van der Waals surface area contributed by atoms with Crippen LogP contribution in [-0.2, 0) is 11.3 Å². The molecule has 6 heteroatoms. The molecule has 0 bridgehead atoms. The molecule has 3 rings (SSSR count). The van der Waals surface area contributed by atoms with Crippen LogP contribution in [0.1, 0.15) is 28.6 Å². The SMILES string of the molecule is CCC(=O)N(Cc1ccncc1)c1cc(-c2ccccc2)sc1C(=O)O. The van der Waals surface area contributed by atoms with E-state index in [0.717, 1.165) is 16.0 Å². The standard InChI is InChI=1S/C20H18N2O3S/c1-2-18(23)22(13-14-8-10-21-11-9-14)16-12-17(26-19(16)20(24)25)15-6-4-3-5-7-15/h3-12H,2,13H2,1H3,(H,24,25). The molecule has 0 unspecified atom stereocenters. The van der Waals surface area contributed by atoms with Gasteiger partial charge in [-0.15, -0.1) is 11.3 Å². The summed E-state index contributed by atoms with van der Waals surface area (Å²) in [5.74, 6) is -1.16. The van der Waals surface area contributed by atoms with Crippen molar-refractivity contribution in [2.45, 2.75) is 19.9 Å². The molecule has 0 aliphatic heterocycles. The first-order valence-corrected chi connectivity index (χ1v) is 9.03. The minimum absolute atomic E-state index is 0.123. The maximum atomic E-state index is 12.6. The van der Waals surface area contributed by atoms with Gasteiger partial charge in [-0.1, -0.05) is 37.3 Å². The summed E-state index contributed by atoms with van der Waals surface area (Å²) in [6, 6.07) is 15.0. The molecule has 1 aromatic carbocycles. The molecule has 0 aliphatic carbocycles. The van der Waals surface area contributed by atoms with Gasteiger partial charge in [-0.25, -0.2) is 4.79 Å². The molecule has 0 atom stereocenters. The highest BCUT2D eigenvalue weighted by Crippen LogP contribution is 2.37. The minimum atomic E-state index is -1.03. The van der Waals surface area contributed by atoms with E-state index in [1.54, 1.807) is 30.3 Å². The summed E-state index contributed by atoms with van der Waals surface area (Å²) in [4.78, 5) is 30.9. The van der Waals surface area contributed by atoms with Gasteiger partial charge in [-0.3, -0.25) is 9.78 Å². The predicted octanol–water partition coefficient (Wildman–Crippen LogP) is 4.45. The van der Waals surface area contributed by atoms with Gasteiger partial charge in [0.1, 0.15) is 4.88 Å². The van der Waals surface area contributed by atoms with Gasteiger partial charge in [0.25, 0.3) is 0 Å². The summed E-state index contributed by atoms with van der Waals surface area (Å²) in [5.41, 5.74) is 2.26. The third-order valence-corrected chi connectivity index (χ3v) is 5.11. The minimum Gasteiger partial charge on any atom is -0.477 e. The number of benzene rings is 1. The van der Waals surface area contributed by atoms with E-state index in [4.69, 9.17) is 0 Å². The summed E-state index contributed by atoms with van der Waals surface area (Å²) < 4.78 is 0. The van der Waals surface area contributed by atoms with Gasteiger partial charge in [0.15, 0.2) is 0 Å². The molecule has 2 heterocycles. The Morgan fingerprint density at radius 1 is 1.12 bits per heavy atom. The van der Waals surface area contributed by atoms with Crippen LogP contribution in [0.2, 0.25) is 0 Å². The van der Waals surface area contributed by atoms with E-state index in [2.05, 4.69) is 4.98 Å². The average molecular weight is 366 g/mol. The molecular formula is C20H18N2O3S. The normalized spacial score (nSPS) is 10.5. The van der Waals surface area contributed by atoms with E-state index in [0.29, 0.717) is 18.7 Å². The maximum absolute atomic E-state index is 12.6. The zero-order chi connectivity index (χ0) is 18.5. The Kier molecular flexibility index (Phi) is 5.43. The van der Waals surface area contributed by atoms with Crippen molar-refractivity contribution in [2.75, 3.05) is 4.90 Å². The van der Waals surface area contributed by atoms with Crippen molar-refractivity contribution in [3.63, 3.8) is 0 Å². The molecule has 1 N–H and O–H groups in total. The third kappa shape index (κ3) is 3.81. The molecule has 0 spiro atoms. The van der Waals surface area contributed by atoms with Gasteiger partial charge in [-0.2, -0.15) is 0 Å². The second kappa shape index (κ2) is 7.93. The number of aromatic carboxylic acids is 1. The van der Waals surface area contributed by atoms with Crippen LogP contribution in [0.25, 0.3) is 10.4 Å². The maximum Gasteiger partial charge on any atom is 0.348 e. The van der Waals surface area contributed by atoms with Crippen LogP contribution in [0.5, 0.6) is 0 Å². The van der Waals surface area contributed by atoms with E-state index in [9.17, 15) is 14.7 Å². The molecule has 3 aromatic rings. The first-order valence-electron chi connectivity index (χ1n) is 8.22. The summed E-state index contributed by atoms with van der Waals surface area (Å²) in [7, 11) is 0. The monoisotopic (exact) mass is 366 g/mol. The fourth-order valence-corrected chi connectivity index (χ4v) is 3.65. The summed E-state index contributed by atoms with van der Waals surface area (Å²) in [6.07, 6.45) is 3.61. The van der Waals surface area contributed by atoms with Crippen LogP contribution in [0.3, 0.4) is 0 Å². The van der Waals surface area contributed by atoms with E-state index < -0.39 is 5.97 Å². The largest absolute Gasteiger partial charge is 0.477 e. The Balaban J connectivity index is 2.06. The Morgan fingerprint density at radius 2 is 1.81 bits per heavy atom. The van der Waals surface area contributed by atoms with Crippen molar-refractivity contribution < 1.29 is 14.7 Å². The van der Waals surface area contributed by atoms with Crippen molar-refractivity contribution in [3.05, 3.63) is 71.4 Å². The van der Waals surface area contributed by atoms with Gasteiger partial charge in [0.2, 0.25) is 5.91 Å². The van der Waals surface area contributed by atoms with Crippen molar-refractivity contribution >= 4 is 28.9 Å². The second-order valence-electron chi connectivity index (χ2n) is 5.69. The van der Waals surface area contributed by atoms with Gasteiger partial charge in [0, 0.05) is 23.7 Å². The van der Waals surface area contributed by atoms with E-state index >= 15 is 0 Å². The van der Waals surface area contributed by atoms with Crippen LogP contribution in [-0.4, -0.2) is 22.0 Å². The quantitative estimate of drug-likeness (QED) is 0.700. The number of carboxylic acids is 1. The van der Waals surface area contributed by atoms with Gasteiger partial charge >= 0.3 is 5.97 Å². The summed E-state index contributed by atoms with van der Waals surface area (Å²) in [5, 5.41) is 9.66. The number of anilines is 1. The van der Waals surface area contributed by atoms with E-state index in [1.165, 1.54) is 11.3 Å². The van der Waals surface area contributed by atoms with Crippen molar-refractivity contribution in [1.82, 2.24) is 4.98 Å². The number of nitrogens with zero attached hydrogens (tertiary/aromatic N) is 2. The molecule has 0 fully saturated rings. The zero-order valence-corrected chi connectivity index (χ0v) is 15.1. The predicted molar refractivity (Wildman–Crippen MR) is 102 cm³/mol. The number of thiophene rings is 1. The molecule has 5 nitrogen and oxygen atoms in total. The lowest BCUT2D eigenvalue weighted by molar-refractivity contribution is -0.118. The molecule has 0 saturated heterocycles. The van der Waals surface area contributed by atoms with Gasteiger partial charge in [0.05, 0.1) is 12.2 Å². The number of amides is 1. The number of carbonyl (C=O) groups excluding carboxylic acids is 1. The van der Waals surface area contributed by atoms with Crippen molar-refractivity contribution in [3.8, 4) is 10.4 Å². The molecular weight excluding hydrogens is 348 g/mol. The molecule has 0 radical (unpaired) electrons. The highest BCUT2D eigenvalue weighted by Gasteiger charge is 2.24. The van der Waals surface area contributed by atoms with Crippen LogP contribution >= 0.6 is 11.3 Å². The van der Waals surface area contributed by atoms with Gasteiger partial charge < -0.3 is 10.0 Å². The number of aromatic nitrogens is 1. The van der Waals surface area contributed by atoms with Gasteiger partial charge in [-0.05, 0) is 29.3 Å². The Labute approximate surface area is 155 Å². The number of pyridine rings is 1. The highest BCUT2D eigenvalue weighted by molar-refractivity contribution is 7.18. The second-order valence-corrected chi connectivity index (χ2v) is 6.74. The third-order valence-electron chi connectivity index (χ3n) is 3.95. The molecule has 0 saturated carbocycles. The van der Waals surface area contributed by atoms with Crippen LogP contribution in [0.15, 0.2) is 60.9 Å². The summed E-state index contributed by atoms with van der Waals surface area (Å²) >= 11 is 1.18. The van der Waals surface area contributed by atoms with Crippen LogP contribution < -0.4 is 4.90 Å². The smallest absolute Gasteiger partial charge is 0.348 e. The lowest BCUT2D eigenvalue weighted by atomic mass is 10.1. The van der Waals surface area contributed by atoms with Crippen LogP contribution in [0.4, 0.5) is 5.69 Å². The first kappa shape index (κ1) is 17.8. The summed E-state index contributed by atoms with van der Waals surface area (Å²) in [6.45, 7) is 2.08. The molecule has 26 heavy (non-hydrogen) atoms. The van der Waals surface area contributed by atoms with Crippen molar-refractivity contribution in [1.29, 1.82) is 0 Å². The Hall–Kier alpha value is -2.99. The number of hydrogen-bond donors (Lipinski definition) is 1. The number of hydrogen-bond acceptors (Lipinski definition) is 4. The lowest BCUT2D eigenvalue weighted by Gasteiger charge is -2.22. The number of rotatable bonds is 6. The Morgan fingerprint density at radius 3 is 2.42 bits per heavy atom. The number of carbonyl (C=O) groups is 2. The van der Waals surface area contributed by atoms with Crippen molar-refractivity contribution in [2.24, 2.45) is 0 Å². The van der Waals surface area contributed by atoms with Crippen LogP contribution in [0, 0.1) is 0 Å². The highest BCUT2D eigenvalue weighted by atomic mass is 32.1. The zero-order valence-electron chi connectivity index (χ0n) is 14.3. The molecule has 0 aliphatic rings. The van der Waals surface area contributed by atoms with E-state index in [-0.39, 0.29) is 10.8 Å². The Bertz CT molecular complexity index is 907. The molecule has 132 valence electrons. The molecule has 1 amide bonds. The molecule has 2 aromatic heterocycles. The van der Waals surface area contributed by atoms with E-state index in [1.807, 2.05) is 42.5 Å². The number of carboxylic acid groups (broad SMARTS) is 1. The lowest BCUT2D eigenvalue weighted by Crippen LogP contribution is -2.30.